The molecule has 2 N–H and O–H groups in total. The number of nitrogens with one attached hydrogen (secondary N) is 2. The largest absolute Gasteiger partial charge is 0.349 e. The maximum Gasteiger partial charge on any atom is 0.295 e. The number of rotatable bonds is 4. The fourth-order valence-electron chi connectivity index (χ4n) is 4.30. The molecule has 1 aliphatic carbocycles. The maximum absolute atomic E-state index is 11.9. The van der Waals surface area contributed by atoms with Crippen molar-refractivity contribution >= 4 is 22.8 Å². The van der Waals surface area contributed by atoms with Crippen LogP contribution in [0, 0.1) is 12.3 Å². The number of anilines is 1. The number of nitrogens with zero attached hydrogens (tertiary/aromatic N) is 2. The Balaban J connectivity index is 1.56. The Morgan fingerprint density at radius 2 is 1.68 bits per heavy atom. The first-order valence-electron chi connectivity index (χ1n) is 11.1. The molecule has 1 fully saturated rings. The predicted molar refractivity (Wildman–Crippen MR) is 125 cm³/mol. The van der Waals surface area contributed by atoms with Crippen molar-refractivity contribution < 1.29 is 4.79 Å². The zero-order chi connectivity index (χ0) is 21.5. The van der Waals surface area contributed by atoms with Gasteiger partial charge in [0.15, 0.2) is 0 Å². The van der Waals surface area contributed by atoms with Crippen LogP contribution in [0.1, 0.15) is 44.9 Å². The van der Waals surface area contributed by atoms with E-state index in [0.29, 0.717) is 5.95 Å². The van der Waals surface area contributed by atoms with Gasteiger partial charge in [-0.2, -0.15) is 0 Å². The third-order valence-electron chi connectivity index (χ3n) is 5.96. The summed E-state index contributed by atoms with van der Waals surface area (Å²) in [4.78, 5) is 21.2. The highest BCUT2D eigenvalue weighted by atomic mass is 16.1. The molecular weight excluding hydrogens is 384 g/mol. The quantitative estimate of drug-likeness (QED) is 0.596. The number of amides is 1. The standard InChI is InChI=1S/C26H28N4O/c1-2-25(31)28-23-13-9-4-3-5-10-14-24(23)30-26-27-18-21-17-20(15-16-22(21)29-26)19-11-7-6-8-12-19/h1,6-8,11-12,15-18,23-24H,3-5,9-10,13-14H2,(H,28,31)(H,27,29,30)/t23-,24?/m1/s1. The van der Waals surface area contributed by atoms with E-state index < -0.39 is 0 Å². The van der Waals surface area contributed by atoms with Crippen LogP contribution < -0.4 is 10.6 Å². The Kier molecular flexibility index (Phi) is 6.78. The van der Waals surface area contributed by atoms with Crippen LogP contribution in [0.2, 0.25) is 0 Å². The van der Waals surface area contributed by atoms with Gasteiger partial charge in [0.2, 0.25) is 5.95 Å². The summed E-state index contributed by atoms with van der Waals surface area (Å²) in [5.74, 6) is 2.41. The third kappa shape index (κ3) is 5.40. The number of carbonyl (C=O) groups is 1. The van der Waals surface area contributed by atoms with E-state index in [0.717, 1.165) is 42.1 Å². The SMILES string of the molecule is C#CC(=O)N[C@@H]1CCCCCCCC1Nc1ncc2cc(-c3ccccc3)ccc2n1. The van der Waals surface area contributed by atoms with Gasteiger partial charge >= 0.3 is 0 Å². The van der Waals surface area contributed by atoms with Crippen LogP contribution in [0.15, 0.2) is 54.7 Å². The first-order valence-corrected chi connectivity index (χ1v) is 11.1. The minimum atomic E-state index is -0.357. The fourth-order valence-corrected chi connectivity index (χ4v) is 4.30. The first-order chi connectivity index (χ1) is 15.2. The molecule has 158 valence electrons. The molecule has 5 heteroatoms. The van der Waals surface area contributed by atoms with Crippen LogP contribution in [0.4, 0.5) is 5.95 Å². The molecule has 1 saturated carbocycles. The number of aromatic nitrogens is 2. The van der Waals surface area contributed by atoms with Gasteiger partial charge < -0.3 is 10.6 Å². The summed E-state index contributed by atoms with van der Waals surface area (Å²) in [6.07, 6.45) is 14.8. The van der Waals surface area contributed by atoms with Crippen LogP contribution in [-0.4, -0.2) is 28.0 Å². The summed E-state index contributed by atoms with van der Waals surface area (Å²) < 4.78 is 0. The Hall–Kier alpha value is -3.39. The minimum absolute atomic E-state index is 0.0265. The van der Waals surface area contributed by atoms with E-state index in [-0.39, 0.29) is 18.0 Å². The van der Waals surface area contributed by atoms with Crippen molar-refractivity contribution in [2.24, 2.45) is 0 Å². The number of benzene rings is 2. The normalized spacial score (nSPS) is 19.5. The van der Waals surface area contributed by atoms with E-state index in [4.69, 9.17) is 11.4 Å². The molecule has 0 bridgehead atoms. The summed E-state index contributed by atoms with van der Waals surface area (Å²) in [5.41, 5.74) is 3.21. The number of fused-ring (bicyclic) bond motifs is 1. The number of terminal acetylenes is 1. The van der Waals surface area contributed by atoms with Gasteiger partial charge in [-0.05, 0) is 42.0 Å². The van der Waals surface area contributed by atoms with Crippen LogP contribution >= 0.6 is 0 Å². The van der Waals surface area contributed by atoms with Gasteiger partial charge in [0.05, 0.1) is 5.52 Å². The lowest BCUT2D eigenvalue weighted by Crippen LogP contribution is -2.46. The van der Waals surface area contributed by atoms with Crippen molar-refractivity contribution in [3.8, 4) is 23.5 Å². The number of hydrogen-bond acceptors (Lipinski definition) is 4. The smallest absolute Gasteiger partial charge is 0.295 e. The molecule has 1 unspecified atom stereocenters. The summed E-state index contributed by atoms with van der Waals surface area (Å²) in [5, 5.41) is 7.49. The van der Waals surface area contributed by atoms with E-state index in [2.05, 4.69) is 45.8 Å². The highest BCUT2D eigenvalue weighted by molar-refractivity contribution is 5.93. The molecule has 0 radical (unpaired) electrons. The number of carbonyl (C=O) groups excluding carboxylic acids is 1. The third-order valence-corrected chi connectivity index (χ3v) is 5.96. The average molecular weight is 413 g/mol. The van der Waals surface area contributed by atoms with Gasteiger partial charge in [0, 0.05) is 23.7 Å². The van der Waals surface area contributed by atoms with Gasteiger partial charge in [-0.1, -0.05) is 68.5 Å². The van der Waals surface area contributed by atoms with Crippen molar-refractivity contribution in [1.29, 1.82) is 0 Å². The molecule has 0 saturated heterocycles. The lowest BCUT2D eigenvalue weighted by molar-refractivity contribution is -0.116. The fraction of sp³-hybridized carbons (Fsp3) is 0.346. The van der Waals surface area contributed by atoms with Crippen molar-refractivity contribution in [2.75, 3.05) is 5.32 Å². The molecule has 31 heavy (non-hydrogen) atoms. The summed E-state index contributed by atoms with van der Waals surface area (Å²) in [6.45, 7) is 0. The summed E-state index contributed by atoms with van der Waals surface area (Å²) >= 11 is 0. The molecule has 1 heterocycles. The van der Waals surface area contributed by atoms with Crippen LogP contribution in [0.3, 0.4) is 0 Å². The van der Waals surface area contributed by atoms with Crippen molar-refractivity contribution in [2.45, 2.75) is 57.0 Å². The Morgan fingerprint density at radius 3 is 2.45 bits per heavy atom. The second-order valence-corrected chi connectivity index (χ2v) is 8.15. The van der Waals surface area contributed by atoms with Crippen LogP contribution in [0.25, 0.3) is 22.0 Å². The lowest BCUT2D eigenvalue weighted by atomic mass is 9.99. The second kappa shape index (κ2) is 10.1. The molecule has 2 aromatic carbocycles. The molecule has 3 aromatic rings. The predicted octanol–water partition coefficient (Wildman–Crippen LogP) is 4.94. The second-order valence-electron chi connectivity index (χ2n) is 8.15. The molecule has 1 aliphatic rings. The Bertz CT molecular complexity index is 1070. The highest BCUT2D eigenvalue weighted by Crippen LogP contribution is 2.25. The monoisotopic (exact) mass is 412 g/mol. The minimum Gasteiger partial charge on any atom is -0.349 e. The van der Waals surface area contributed by atoms with E-state index in [9.17, 15) is 4.79 Å². The van der Waals surface area contributed by atoms with Crippen molar-refractivity contribution in [3.05, 3.63) is 54.7 Å². The molecular formula is C26H28N4O. The van der Waals surface area contributed by atoms with Crippen molar-refractivity contribution in [3.63, 3.8) is 0 Å². The van der Waals surface area contributed by atoms with Crippen LogP contribution in [0.5, 0.6) is 0 Å². The Morgan fingerprint density at radius 1 is 0.935 bits per heavy atom. The van der Waals surface area contributed by atoms with Crippen molar-refractivity contribution in [1.82, 2.24) is 15.3 Å². The van der Waals surface area contributed by atoms with Gasteiger partial charge in [0.1, 0.15) is 0 Å². The van der Waals surface area contributed by atoms with E-state index in [1.165, 1.54) is 24.8 Å². The molecule has 0 spiro atoms. The van der Waals surface area contributed by atoms with Gasteiger partial charge in [-0.3, -0.25) is 4.79 Å². The topological polar surface area (TPSA) is 66.9 Å². The summed E-state index contributed by atoms with van der Waals surface area (Å²) in [7, 11) is 0. The van der Waals surface area contributed by atoms with Gasteiger partial charge in [-0.15, -0.1) is 6.42 Å². The lowest BCUT2D eigenvalue weighted by Gasteiger charge is -2.28. The molecule has 0 aliphatic heterocycles. The van der Waals surface area contributed by atoms with E-state index in [1.54, 1.807) is 0 Å². The average Bonchev–Trinajstić information content (AvgIpc) is 2.92. The molecule has 2 atom stereocenters. The molecule has 4 rings (SSSR count). The first kappa shape index (κ1) is 20.9. The van der Waals surface area contributed by atoms with E-state index >= 15 is 0 Å². The van der Waals surface area contributed by atoms with Crippen LogP contribution in [-0.2, 0) is 4.79 Å². The maximum atomic E-state index is 11.9. The highest BCUT2D eigenvalue weighted by Gasteiger charge is 2.24. The molecule has 5 nitrogen and oxygen atoms in total. The summed E-state index contributed by atoms with van der Waals surface area (Å²) in [6, 6.07) is 16.5. The Labute approximate surface area is 183 Å². The van der Waals surface area contributed by atoms with Gasteiger partial charge in [-0.25, -0.2) is 9.97 Å². The molecule has 1 aromatic heterocycles. The molecule has 1 amide bonds. The number of hydrogen-bond donors (Lipinski definition) is 2. The zero-order valence-corrected chi connectivity index (χ0v) is 17.7. The van der Waals surface area contributed by atoms with Gasteiger partial charge in [0.25, 0.3) is 5.91 Å². The zero-order valence-electron chi connectivity index (χ0n) is 17.7. The van der Waals surface area contributed by atoms with E-state index in [1.807, 2.05) is 30.5 Å².